The summed E-state index contributed by atoms with van der Waals surface area (Å²) in [5, 5.41) is 12.1. The highest BCUT2D eigenvalue weighted by Crippen LogP contribution is 2.19. The Labute approximate surface area is 84.3 Å². The highest BCUT2D eigenvalue weighted by atomic mass is 35.5. The SMILES string of the molecule is CCCC(N)(O)C(=O)NC1CC1.Cl. The van der Waals surface area contributed by atoms with Gasteiger partial charge in [-0.05, 0) is 19.3 Å². The van der Waals surface area contributed by atoms with Gasteiger partial charge in [-0.3, -0.25) is 10.5 Å². The van der Waals surface area contributed by atoms with Gasteiger partial charge in [0, 0.05) is 6.04 Å². The third-order valence-corrected chi connectivity index (χ3v) is 1.94. The van der Waals surface area contributed by atoms with E-state index in [4.69, 9.17) is 5.73 Å². The fraction of sp³-hybridized carbons (Fsp3) is 0.875. The third kappa shape index (κ3) is 3.93. The molecule has 4 N–H and O–H groups in total. The van der Waals surface area contributed by atoms with Gasteiger partial charge in [-0.15, -0.1) is 12.4 Å². The van der Waals surface area contributed by atoms with E-state index in [1.54, 1.807) is 0 Å². The van der Waals surface area contributed by atoms with E-state index in [0.29, 0.717) is 12.8 Å². The second-order valence-electron chi connectivity index (χ2n) is 3.42. The number of hydrogen-bond acceptors (Lipinski definition) is 3. The van der Waals surface area contributed by atoms with E-state index in [0.717, 1.165) is 12.8 Å². The van der Waals surface area contributed by atoms with Crippen LogP contribution >= 0.6 is 12.4 Å². The van der Waals surface area contributed by atoms with Crippen LogP contribution in [-0.2, 0) is 4.79 Å². The molecule has 1 amide bonds. The molecule has 78 valence electrons. The first-order valence-corrected chi connectivity index (χ1v) is 4.38. The van der Waals surface area contributed by atoms with Crippen LogP contribution in [0.2, 0.25) is 0 Å². The van der Waals surface area contributed by atoms with Crippen molar-refractivity contribution in [2.45, 2.75) is 44.4 Å². The van der Waals surface area contributed by atoms with Gasteiger partial charge in [-0.25, -0.2) is 0 Å². The normalized spacial score (nSPS) is 19.9. The van der Waals surface area contributed by atoms with Gasteiger partial charge in [0.2, 0.25) is 0 Å². The molecule has 0 aromatic rings. The van der Waals surface area contributed by atoms with Crippen molar-refractivity contribution in [1.82, 2.24) is 5.32 Å². The Morgan fingerprint density at radius 3 is 2.62 bits per heavy atom. The number of halogens is 1. The fourth-order valence-corrected chi connectivity index (χ4v) is 1.03. The molecule has 0 aliphatic heterocycles. The van der Waals surface area contributed by atoms with E-state index in [1.165, 1.54) is 0 Å². The molecule has 1 unspecified atom stereocenters. The maximum Gasteiger partial charge on any atom is 0.267 e. The van der Waals surface area contributed by atoms with E-state index in [1.807, 2.05) is 6.92 Å². The number of carbonyl (C=O) groups excluding carboxylic acids is 1. The largest absolute Gasteiger partial charge is 0.368 e. The molecule has 0 heterocycles. The molecular weight excluding hydrogens is 192 g/mol. The Morgan fingerprint density at radius 2 is 2.23 bits per heavy atom. The Hall–Kier alpha value is -0.320. The Bertz CT molecular complexity index is 181. The van der Waals surface area contributed by atoms with Crippen molar-refractivity contribution in [2.75, 3.05) is 0 Å². The van der Waals surface area contributed by atoms with Crippen LogP contribution in [0.1, 0.15) is 32.6 Å². The van der Waals surface area contributed by atoms with E-state index in [2.05, 4.69) is 5.32 Å². The third-order valence-electron chi connectivity index (χ3n) is 1.94. The second kappa shape index (κ2) is 4.79. The first-order chi connectivity index (χ1) is 5.56. The number of rotatable bonds is 4. The minimum absolute atomic E-state index is 0. The molecule has 0 spiro atoms. The van der Waals surface area contributed by atoms with Gasteiger partial charge in [-0.1, -0.05) is 13.3 Å². The second-order valence-corrected chi connectivity index (χ2v) is 3.42. The van der Waals surface area contributed by atoms with Crippen molar-refractivity contribution in [3.05, 3.63) is 0 Å². The minimum Gasteiger partial charge on any atom is -0.368 e. The molecule has 0 aromatic carbocycles. The summed E-state index contributed by atoms with van der Waals surface area (Å²) in [6, 6.07) is 0.254. The lowest BCUT2D eigenvalue weighted by atomic mass is 10.1. The summed E-state index contributed by atoms with van der Waals surface area (Å²) in [6.07, 6.45) is 3.03. The topological polar surface area (TPSA) is 75.3 Å². The molecule has 13 heavy (non-hydrogen) atoms. The molecule has 0 aromatic heterocycles. The molecular formula is C8H17ClN2O2. The molecule has 1 saturated carbocycles. The summed E-state index contributed by atoms with van der Waals surface area (Å²) in [4.78, 5) is 11.2. The first-order valence-electron chi connectivity index (χ1n) is 4.38. The van der Waals surface area contributed by atoms with Gasteiger partial charge in [0.15, 0.2) is 5.72 Å². The maximum atomic E-state index is 11.2. The Kier molecular flexibility index (Phi) is 4.67. The quantitative estimate of drug-likeness (QED) is 0.575. The highest BCUT2D eigenvalue weighted by Gasteiger charge is 2.34. The van der Waals surface area contributed by atoms with E-state index in [-0.39, 0.29) is 18.4 Å². The molecule has 1 atom stereocenters. The Morgan fingerprint density at radius 1 is 1.69 bits per heavy atom. The summed E-state index contributed by atoms with van der Waals surface area (Å²) in [6.45, 7) is 1.88. The molecule has 0 radical (unpaired) electrons. The van der Waals surface area contributed by atoms with Gasteiger partial charge >= 0.3 is 0 Å². The minimum atomic E-state index is -1.67. The number of nitrogens with two attached hydrogens (primary N) is 1. The molecule has 1 fully saturated rings. The first kappa shape index (κ1) is 12.7. The maximum absolute atomic E-state index is 11.2. The standard InChI is InChI=1S/C8H16N2O2.ClH/c1-2-5-8(9,12)7(11)10-6-3-4-6;/h6,12H,2-5,9H2,1H3,(H,10,11);1H. The number of carbonyl (C=O) groups is 1. The van der Waals surface area contributed by atoms with Crippen LogP contribution < -0.4 is 11.1 Å². The average molecular weight is 209 g/mol. The highest BCUT2D eigenvalue weighted by molar-refractivity contribution is 5.85. The van der Waals surface area contributed by atoms with Crippen LogP contribution in [0.5, 0.6) is 0 Å². The monoisotopic (exact) mass is 208 g/mol. The lowest BCUT2D eigenvalue weighted by molar-refractivity contribution is -0.140. The molecule has 5 heteroatoms. The van der Waals surface area contributed by atoms with Crippen LogP contribution in [0.4, 0.5) is 0 Å². The Balaban J connectivity index is 0.00000144. The molecule has 1 rings (SSSR count). The number of aliphatic hydroxyl groups is 1. The number of nitrogens with one attached hydrogen (secondary N) is 1. The molecule has 1 aliphatic rings. The lowest BCUT2D eigenvalue weighted by Gasteiger charge is -2.20. The van der Waals surface area contributed by atoms with Crippen molar-refractivity contribution < 1.29 is 9.90 Å². The van der Waals surface area contributed by atoms with E-state index in [9.17, 15) is 9.90 Å². The zero-order valence-electron chi connectivity index (χ0n) is 7.75. The predicted octanol–water partition coefficient (Wildman–Crippen LogP) is 0.134. The van der Waals surface area contributed by atoms with Gasteiger partial charge < -0.3 is 10.4 Å². The van der Waals surface area contributed by atoms with Crippen LogP contribution in [0, 0.1) is 0 Å². The van der Waals surface area contributed by atoms with Gasteiger partial charge in [0.1, 0.15) is 0 Å². The number of amides is 1. The summed E-state index contributed by atoms with van der Waals surface area (Å²) in [7, 11) is 0. The summed E-state index contributed by atoms with van der Waals surface area (Å²) in [5.74, 6) is -0.438. The summed E-state index contributed by atoms with van der Waals surface area (Å²) >= 11 is 0. The summed E-state index contributed by atoms with van der Waals surface area (Å²) < 4.78 is 0. The molecule has 0 bridgehead atoms. The lowest BCUT2D eigenvalue weighted by Crippen LogP contribution is -2.54. The average Bonchev–Trinajstić information content (AvgIpc) is 2.71. The summed E-state index contributed by atoms with van der Waals surface area (Å²) in [5.41, 5.74) is 3.72. The van der Waals surface area contributed by atoms with Crippen molar-refractivity contribution in [3.63, 3.8) is 0 Å². The van der Waals surface area contributed by atoms with Crippen molar-refractivity contribution in [1.29, 1.82) is 0 Å². The van der Waals surface area contributed by atoms with Gasteiger partial charge in [0.05, 0.1) is 0 Å². The molecule has 0 saturated heterocycles. The van der Waals surface area contributed by atoms with Crippen LogP contribution in [-0.4, -0.2) is 22.8 Å². The zero-order valence-corrected chi connectivity index (χ0v) is 8.56. The van der Waals surface area contributed by atoms with Gasteiger partial charge in [0.25, 0.3) is 5.91 Å². The fourth-order valence-electron chi connectivity index (χ4n) is 1.03. The van der Waals surface area contributed by atoms with Crippen molar-refractivity contribution in [2.24, 2.45) is 5.73 Å². The van der Waals surface area contributed by atoms with Crippen molar-refractivity contribution in [3.8, 4) is 0 Å². The molecule has 1 aliphatic carbocycles. The van der Waals surface area contributed by atoms with Crippen molar-refractivity contribution >= 4 is 18.3 Å². The van der Waals surface area contributed by atoms with Crippen LogP contribution in [0.15, 0.2) is 0 Å². The van der Waals surface area contributed by atoms with Gasteiger partial charge in [-0.2, -0.15) is 0 Å². The predicted molar refractivity (Wildman–Crippen MR) is 52.5 cm³/mol. The van der Waals surface area contributed by atoms with Crippen LogP contribution in [0.3, 0.4) is 0 Å². The van der Waals surface area contributed by atoms with E-state index < -0.39 is 11.6 Å². The number of hydrogen-bond donors (Lipinski definition) is 3. The van der Waals surface area contributed by atoms with E-state index >= 15 is 0 Å². The van der Waals surface area contributed by atoms with Crippen LogP contribution in [0.25, 0.3) is 0 Å². The molecule has 4 nitrogen and oxygen atoms in total. The smallest absolute Gasteiger partial charge is 0.267 e. The zero-order chi connectivity index (χ0) is 9.19.